The van der Waals surface area contributed by atoms with Crippen LogP contribution in [0.4, 0.5) is 13.2 Å². The maximum atomic E-state index is 12.7. The van der Waals surface area contributed by atoms with Crippen molar-refractivity contribution in [1.29, 1.82) is 0 Å². The van der Waals surface area contributed by atoms with Crippen LogP contribution in [0, 0.1) is 23.2 Å². The Balaban J connectivity index is 1.36. The van der Waals surface area contributed by atoms with Gasteiger partial charge in [0.1, 0.15) is 5.75 Å². The normalized spacial score (nSPS) is 32.8. The van der Waals surface area contributed by atoms with Crippen LogP contribution in [0.15, 0.2) is 29.4 Å². The molecule has 0 spiro atoms. The fraction of sp³-hybridized carbons (Fsp3) is 0.579. The van der Waals surface area contributed by atoms with Gasteiger partial charge in [-0.05, 0) is 86.1 Å². The lowest BCUT2D eigenvalue weighted by atomic mass is 9.49. The molecule has 4 aliphatic carbocycles. The highest BCUT2D eigenvalue weighted by molar-refractivity contribution is 5.85. The highest BCUT2D eigenvalue weighted by atomic mass is 19.4. The number of hydrogen-bond donors (Lipinski definition) is 1. The standard InChI is InChI=1S/C19H21F3N2O2/c20-19(21,22)26-16-3-1-12(2-4-16)11-23-24-17(25)18-8-13-5-14(9-18)7-15(6-13)10-18/h1-4,11,13-15H,5-10H2,(H,24,25). The van der Waals surface area contributed by atoms with Crippen molar-refractivity contribution >= 4 is 12.1 Å². The minimum atomic E-state index is -4.71. The molecule has 0 heterocycles. The zero-order valence-corrected chi connectivity index (χ0v) is 14.3. The van der Waals surface area contributed by atoms with Crippen molar-refractivity contribution in [1.82, 2.24) is 5.43 Å². The number of hydrazone groups is 1. The molecular weight excluding hydrogens is 345 g/mol. The molecular formula is C19H21F3N2O2. The Bertz CT molecular complexity index is 677. The molecule has 7 heteroatoms. The van der Waals surface area contributed by atoms with Gasteiger partial charge < -0.3 is 4.74 Å². The van der Waals surface area contributed by atoms with E-state index in [0.717, 1.165) is 19.3 Å². The molecule has 1 amide bonds. The number of benzene rings is 1. The number of carbonyl (C=O) groups is 1. The van der Waals surface area contributed by atoms with Crippen LogP contribution in [-0.4, -0.2) is 18.5 Å². The molecule has 26 heavy (non-hydrogen) atoms. The molecule has 0 saturated heterocycles. The Morgan fingerprint density at radius 3 is 2.12 bits per heavy atom. The zero-order chi connectivity index (χ0) is 18.4. The van der Waals surface area contributed by atoms with E-state index in [1.807, 2.05) is 0 Å². The van der Waals surface area contributed by atoms with Gasteiger partial charge >= 0.3 is 6.36 Å². The Morgan fingerprint density at radius 2 is 1.62 bits per heavy atom. The molecule has 0 radical (unpaired) electrons. The molecule has 0 atom stereocenters. The number of ether oxygens (including phenoxy) is 1. The van der Waals surface area contributed by atoms with Crippen molar-refractivity contribution in [3.05, 3.63) is 29.8 Å². The number of rotatable bonds is 4. The summed E-state index contributed by atoms with van der Waals surface area (Å²) in [7, 11) is 0. The van der Waals surface area contributed by atoms with E-state index < -0.39 is 6.36 Å². The van der Waals surface area contributed by atoms with Crippen molar-refractivity contribution in [2.45, 2.75) is 44.9 Å². The van der Waals surface area contributed by atoms with Gasteiger partial charge in [0.05, 0.1) is 11.6 Å². The molecule has 4 fully saturated rings. The second-order valence-electron chi connectivity index (χ2n) is 8.01. The molecule has 1 N–H and O–H groups in total. The Labute approximate surface area is 149 Å². The summed E-state index contributed by atoms with van der Waals surface area (Å²) in [5.41, 5.74) is 2.98. The van der Waals surface area contributed by atoms with Gasteiger partial charge in [-0.2, -0.15) is 5.10 Å². The van der Waals surface area contributed by atoms with Crippen LogP contribution in [0.5, 0.6) is 5.75 Å². The van der Waals surface area contributed by atoms with Crippen LogP contribution in [0.25, 0.3) is 0 Å². The van der Waals surface area contributed by atoms with Gasteiger partial charge in [-0.1, -0.05) is 0 Å². The van der Waals surface area contributed by atoms with Gasteiger partial charge in [-0.25, -0.2) is 5.43 Å². The van der Waals surface area contributed by atoms with Gasteiger partial charge in [0.25, 0.3) is 0 Å². The Morgan fingerprint density at radius 1 is 1.08 bits per heavy atom. The lowest BCUT2D eigenvalue weighted by Gasteiger charge is -2.55. The summed E-state index contributed by atoms with van der Waals surface area (Å²) < 4.78 is 40.3. The predicted octanol–water partition coefficient (Wildman–Crippen LogP) is 4.25. The van der Waals surface area contributed by atoms with E-state index in [1.165, 1.54) is 49.7 Å². The number of amides is 1. The van der Waals surface area contributed by atoms with Gasteiger partial charge in [-0.15, -0.1) is 13.2 Å². The molecule has 4 aliphatic rings. The quantitative estimate of drug-likeness (QED) is 0.640. The summed E-state index contributed by atoms with van der Waals surface area (Å²) in [6.45, 7) is 0. The first-order valence-electron chi connectivity index (χ1n) is 9.01. The van der Waals surface area contributed by atoms with E-state index in [-0.39, 0.29) is 17.1 Å². The summed E-state index contributed by atoms with van der Waals surface area (Å²) in [6, 6.07) is 5.36. The summed E-state index contributed by atoms with van der Waals surface area (Å²) >= 11 is 0. The minimum absolute atomic E-state index is 0.00938. The molecule has 5 rings (SSSR count). The summed E-state index contributed by atoms with van der Waals surface area (Å²) in [4.78, 5) is 12.7. The molecule has 1 aromatic rings. The maximum absolute atomic E-state index is 12.7. The number of halogens is 3. The topological polar surface area (TPSA) is 50.7 Å². The first kappa shape index (κ1) is 17.4. The van der Waals surface area contributed by atoms with E-state index in [0.29, 0.717) is 23.3 Å². The molecule has 4 bridgehead atoms. The Hall–Kier alpha value is -2.05. The van der Waals surface area contributed by atoms with Crippen LogP contribution in [0.2, 0.25) is 0 Å². The predicted molar refractivity (Wildman–Crippen MR) is 89.5 cm³/mol. The molecule has 0 unspecified atom stereocenters. The van der Waals surface area contributed by atoms with E-state index in [9.17, 15) is 18.0 Å². The molecule has 0 aliphatic heterocycles. The first-order valence-corrected chi connectivity index (χ1v) is 9.01. The van der Waals surface area contributed by atoms with E-state index >= 15 is 0 Å². The number of nitrogens with zero attached hydrogens (tertiary/aromatic N) is 1. The maximum Gasteiger partial charge on any atom is 0.573 e. The Kier molecular flexibility index (Phi) is 4.20. The van der Waals surface area contributed by atoms with Gasteiger partial charge in [0.15, 0.2) is 0 Å². The SMILES string of the molecule is O=C(NN=Cc1ccc(OC(F)(F)F)cc1)C12CC3CC(CC(C3)C1)C2. The molecule has 4 saturated carbocycles. The monoisotopic (exact) mass is 366 g/mol. The van der Waals surface area contributed by atoms with Crippen LogP contribution in [-0.2, 0) is 4.79 Å². The molecule has 0 aromatic heterocycles. The van der Waals surface area contributed by atoms with Crippen molar-refractivity contribution < 1.29 is 22.7 Å². The molecule has 4 nitrogen and oxygen atoms in total. The number of nitrogens with one attached hydrogen (secondary N) is 1. The summed E-state index contributed by atoms with van der Waals surface area (Å²) in [5, 5.41) is 4.02. The minimum Gasteiger partial charge on any atom is -0.406 e. The lowest BCUT2D eigenvalue weighted by molar-refractivity contribution is -0.274. The molecule has 1 aromatic carbocycles. The van der Waals surface area contributed by atoms with E-state index in [4.69, 9.17) is 0 Å². The van der Waals surface area contributed by atoms with Crippen LogP contribution < -0.4 is 10.2 Å². The van der Waals surface area contributed by atoms with Crippen molar-refractivity contribution in [3.8, 4) is 5.75 Å². The largest absolute Gasteiger partial charge is 0.573 e. The highest BCUT2D eigenvalue weighted by Gasteiger charge is 2.54. The average molecular weight is 366 g/mol. The first-order chi connectivity index (χ1) is 12.3. The second kappa shape index (κ2) is 6.28. The third kappa shape index (κ3) is 3.57. The van der Waals surface area contributed by atoms with Gasteiger partial charge in [0.2, 0.25) is 5.91 Å². The third-order valence-corrected chi connectivity index (χ3v) is 6.01. The molecule has 140 valence electrons. The second-order valence-corrected chi connectivity index (χ2v) is 8.01. The van der Waals surface area contributed by atoms with Crippen molar-refractivity contribution in [2.24, 2.45) is 28.3 Å². The van der Waals surface area contributed by atoms with Crippen molar-refractivity contribution in [3.63, 3.8) is 0 Å². The highest BCUT2D eigenvalue weighted by Crippen LogP contribution is 2.60. The van der Waals surface area contributed by atoms with Crippen LogP contribution in [0.3, 0.4) is 0 Å². The fourth-order valence-electron chi connectivity index (χ4n) is 5.43. The zero-order valence-electron chi connectivity index (χ0n) is 14.3. The smallest absolute Gasteiger partial charge is 0.406 e. The van der Waals surface area contributed by atoms with Crippen LogP contribution >= 0.6 is 0 Å². The number of carbonyl (C=O) groups excluding carboxylic acids is 1. The average Bonchev–Trinajstić information content (AvgIpc) is 2.54. The summed E-state index contributed by atoms with van der Waals surface area (Å²) in [6.07, 6.45) is 3.42. The van der Waals surface area contributed by atoms with Gasteiger partial charge in [0, 0.05) is 0 Å². The van der Waals surface area contributed by atoms with Gasteiger partial charge in [-0.3, -0.25) is 4.79 Å². The van der Waals surface area contributed by atoms with Crippen LogP contribution in [0.1, 0.15) is 44.1 Å². The third-order valence-electron chi connectivity index (χ3n) is 6.01. The van der Waals surface area contributed by atoms with E-state index in [2.05, 4.69) is 15.3 Å². The van der Waals surface area contributed by atoms with E-state index in [1.54, 1.807) is 0 Å². The lowest BCUT2D eigenvalue weighted by Crippen LogP contribution is -2.52. The van der Waals surface area contributed by atoms with Crippen molar-refractivity contribution in [2.75, 3.05) is 0 Å². The summed E-state index contributed by atoms with van der Waals surface area (Å²) in [5.74, 6) is 1.74. The fourth-order valence-corrected chi connectivity index (χ4v) is 5.43. The number of hydrogen-bond acceptors (Lipinski definition) is 3. The number of alkyl halides is 3.